The zero-order valence-electron chi connectivity index (χ0n) is 26.2. The van der Waals surface area contributed by atoms with Crippen LogP contribution in [-0.2, 0) is 0 Å². The summed E-state index contributed by atoms with van der Waals surface area (Å²) in [5.41, 5.74) is 0. The lowest BCUT2D eigenvalue weighted by Gasteiger charge is -2.41. The van der Waals surface area contributed by atoms with Crippen molar-refractivity contribution in [2.45, 2.75) is 215 Å². The number of rotatable bonds is 9. The molecule has 0 aromatic carbocycles. The fourth-order valence-corrected chi connectivity index (χ4v) is 10.2. The first-order chi connectivity index (χ1) is 19.8. The SMILES string of the molecule is C1CCC(NC2CCC(NC3CCC(C4CCC(NC5CCC(NC6CCCCC6)CC5)CC4)CC3)CC2)CC1. The molecule has 0 amide bonds. The quantitative estimate of drug-likeness (QED) is 0.235. The molecule has 230 valence electrons. The molecule has 6 fully saturated rings. The van der Waals surface area contributed by atoms with Crippen molar-refractivity contribution in [2.75, 3.05) is 0 Å². The van der Waals surface area contributed by atoms with Gasteiger partial charge in [0.2, 0.25) is 0 Å². The summed E-state index contributed by atoms with van der Waals surface area (Å²) >= 11 is 0. The van der Waals surface area contributed by atoms with Crippen molar-refractivity contribution in [1.82, 2.24) is 21.3 Å². The van der Waals surface area contributed by atoms with Gasteiger partial charge in [0.15, 0.2) is 0 Å². The van der Waals surface area contributed by atoms with E-state index in [9.17, 15) is 0 Å². The van der Waals surface area contributed by atoms with Crippen molar-refractivity contribution >= 4 is 0 Å². The van der Waals surface area contributed by atoms with Gasteiger partial charge in [-0.05, 0) is 140 Å². The molecule has 4 N–H and O–H groups in total. The van der Waals surface area contributed by atoms with E-state index in [4.69, 9.17) is 0 Å². The molecule has 40 heavy (non-hydrogen) atoms. The van der Waals surface area contributed by atoms with Gasteiger partial charge in [-0.3, -0.25) is 0 Å². The average molecular weight is 555 g/mol. The van der Waals surface area contributed by atoms with Crippen LogP contribution >= 0.6 is 0 Å². The highest BCUT2D eigenvalue weighted by molar-refractivity contribution is 4.91. The molecule has 4 nitrogen and oxygen atoms in total. The summed E-state index contributed by atoms with van der Waals surface area (Å²) in [6.45, 7) is 0. The maximum atomic E-state index is 4.14. The summed E-state index contributed by atoms with van der Waals surface area (Å²) in [5.74, 6) is 2.05. The van der Waals surface area contributed by atoms with E-state index >= 15 is 0 Å². The lowest BCUT2D eigenvalue weighted by atomic mass is 9.71. The smallest absolute Gasteiger partial charge is 0.00708 e. The third kappa shape index (κ3) is 8.93. The lowest BCUT2D eigenvalue weighted by Crippen LogP contribution is -2.48. The molecule has 0 aliphatic heterocycles. The Bertz CT molecular complexity index is 624. The van der Waals surface area contributed by atoms with E-state index in [2.05, 4.69) is 21.3 Å². The highest BCUT2D eigenvalue weighted by Crippen LogP contribution is 2.39. The van der Waals surface area contributed by atoms with Gasteiger partial charge in [0.05, 0.1) is 0 Å². The molecule has 6 rings (SSSR count). The van der Waals surface area contributed by atoms with Gasteiger partial charge in [-0.25, -0.2) is 0 Å². The van der Waals surface area contributed by atoms with E-state index in [-0.39, 0.29) is 0 Å². The van der Waals surface area contributed by atoms with E-state index in [1.807, 2.05) is 0 Å². The van der Waals surface area contributed by atoms with Crippen molar-refractivity contribution in [3.05, 3.63) is 0 Å². The Kier molecular flexibility index (Phi) is 11.6. The first kappa shape index (κ1) is 29.9. The average Bonchev–Trinajstić information content (AvgIpc) is 3.01. The van der Waals surface area contributed by atoms with Gasteiger partial charge in [-0.2, -0.15) is 0 Å². The second kappa shape index (κ2) is 15.5. The third-order valence-corrected chi connectivity index (χ3v) is 12.8. The predicted octanol–water partition coefficient (Wildman–Crippen LogP) is 7.75. The second-order valence-electron chi connectivity index (χ2n) is 15.7. The first-order valence-corrected chi connectivity index (χ1v) is 18.8. The van der Waals surface area contributed by atoms with E-state index in [0.29, 0.717) is 0 Å². The minimum Gasteiger partial charge on any atom is -0.311 e. The molecule has 0 aromatic heterocycles. The Balaban J connectivity index is 0.812. The highest BCUT2D eigenvalue weighted by Gasteiger charge is 2.33. The van der Waals surface area contributed by atoms with Gasteiger partial charge in [-0.1, -0.05) is 38.5 Å². The molecule has 0 heterocycles. The standard InChI is InChI=1S/C36H66N4/c1-3-7-29(8-4-1)37-33-19-23-35(24-20-33)39-31-15-11-27(12-16-31)28-13-17-32(18-14-28)40-36-25-21-34(22-26-36)38-30-9-5-2-6-10-30/h27-40H,1-26H2. The maximum Gasteiger partial charge on any atom is 0.00708 e. The Morgan fingerprint density at radius 1 is 0.200 bits per heavy atom. The summed E-state index contributed by atoms with van der Waals surface area (Å²) in [4.78, 5) is 0. The van der Waals surface area contributed by atoms with Crippen LogP contribution < -0.4 is 21.3 Å². The van der Waals surface area contributed by atoms with Crippen molar-refractivity contribution in [2.24, 2.45) is 11.8 Å². The molecule has 0 radical (unpaired) electrons. The molecule has 0 spiro atoms. The van der Waals surface area contributed by atoms with Gasteiger partial charge < -0.3 is 21.3 Å². The zero-order chi connectivity index (χ0) is 27.0. The molecule has 0 unspecified atom stereocenters. The molecule has 0 saturated heterocycles. The van der Waals surface area contributed by atoms with Crippen LogP contribution in [-0.4, -0.2) is 48.3 Å². The molecule has 0 atom stereocenters. The number of hydrogen-bond acceptors (Lipinski definition) is 4. The fraction of sp³-hybridized carbons (Fsp3) is 1.00. The van der Waals surface area contributed by atoms with Crippen molar-refractivity contribution in [3.8, 4) is 0 Å². The number of hydrogen-bond donors (Lipinski definition) is 4. The van der Waals surface area contributed by atoms with Gasteiger partial charge in [-0.15, -0.1) is 0 Å². The van der Waals surface area contributed by atoms with Crippen molar-refractivity contribution in [3.63, 3.8) is 0 Å². The summed E-state index contributed by atoms with van der Waals surface area (Å²) in [6.07, 6.45) is 37.5. The summed E-state index contributed by atoms with van der Waals surface area (Å²) in [5, 5.41) is 16.3. The van der Waals surface area contributed by atoms with Crippen LogP contribution in [0.25, 0.3) is 0 Å². The minimum absolute atomic E-state index is 0.797. The zero-order valence-corrected chi connectivity index (χ0v) is 26.2. The predicted molar refractivity (Wildman–Crippen MR) is 170 cm³/mol. The highest BCUT2D eigenvalue weighted by atomic mass is 15.0. The van der Waals surface area contributed by atoms with Gasteiger partial charge in [0, 0.05) is 48.3 Å². The first-order valence-electron chi connectivity index (χ1n) is 18.8. The summed E-state index contributed by atoms with van der Waals surface area (Å²) in [6, 6.07) is 6.49. The summed E-state index contributed by atoms with van der Waals surface area (Å²) < 4.78 is 0. The van der Waals surface area contributed by atoms with E-state index in [1.165, 1.54) is 167 Å². The molecular weight excluding hydrogens is 488 g/mol. The van der Waals surface area contributed by atoms with Crippen LogP contribution in [0, 0.1) is 11.8 Å². The Morgan fingerprint density at radius 3 is 0.650 bits per heavy atom. The Labute approximate surface area is 248 Å². The maximum absolute atomic E-state index is 4.14. The Morgan fingerprint density at radius 2 is 0.400 bits per heavy atom. The van der Waals surface area contributed by atoms with Crippen molar-refractivity contribution < 1.29 is 0 Å². The van der Waals surface area contributed by atoms with Crippen LogP contribution in [0.15, 0.2) is 0 Å². The van der Waals surface area contributed by atoms with E-state index in [1.54, 1.807) is 0 Å². The molecule has 6 aliphatic carbocycles. The number of nitrogens with one attached hydrogen (secondary N) is 4. The van der Waals surface area contributed by atoms with Crippen LogP contribution in [0.1, 0.15) is 167 Å². The van der Waals surface area contributed by atoms with Gasteiger partial charge >= 0.3 is 0 Å². The fourth-order valence-electron chi connectivity index (χ4n) is 10.2. The molecule has 6 saturated carbocycles. The molecule has 0 bridgehead atoms. The molecule has 6 aliphatic rings. The van der Waals surface area contributed by atoms with Gasteiger partial charge in [0.25, 0.3) is 0 Å². The van der Waals surface area contributed by atoms with E-state index < -0.39 is 0 Å². The van der Waals surface area contributed by atoms with E-state index in [0.717, 1.165) is 60.2 Å². The second-order valence-corrected chi connectivity index (χ2v) is 15.7. The van der Waals surface area contributed by atoms with Crippen LogP contribution in [0.4, 0.5) is 0 Å². The van der Waals surface area contributed by atoms with Crippen molar-refractivity contribution in [1.29, 1.82) is 0 Å². The minimum atomic E-state index is 0.797. The Hall–Kier alpha value is -0.160. The van der Waals surface area contributed by atoms with Crippen LogP contribution in [0.5, 0.6) is 0 Å². The molecular formula is C36H66N4. The largest absolute Gasteiger partial charge is 0.311 e. The monoisotopic (exact) mass is 555 g/mol. The molecule has 0 aromatic rings. The topological polar surface area (TPSA) is 48.1 Å². The van der Waals surface area contributed by atoms with Crippen LogP contribution in [0.3, 0.4) is 0 Å². The molecule has 4 heteroatoms. The van der Waals surface area contributed by atoms with Gasteiger partial charge in [0.1, 0.15) is 0 Å². The normalized spacial score (nSPS) is 41.1. The third-order valence-electron chi connectivity index (χ3n) is 12.8. The summed E-state index contributed by atoms with van der Waals surface area (Å²) in [7, 11) is 0. The van der Waals surface area contributed by atoms with Crippen LogP contribution in [0.2, 0.25) is 0 Å². The lowest BCUT2D eigenvalue weighted by molar-refractivity contribution is 0.147.